The molecule has 1 atom stereocenters. The molecule has 0 aromatic heterocycles. The molecule has 1 amide bonds. The summed E-state index contributed by atoms with van der Waals surface area (Å²) in [6.07, 6.45) is 0. The molecule has 4 heteroatoms. The van der Waals surface area contributed by atoms with Crippen LogP contribution in [0.5, 0.6) is 0 Å². The van der Waals surface area contributed by atoms with E-state index >= 15 is 0 Å². The number of hydrogen-bond acceptors (Lipinski definition) is 2. The zero-order chi connectivity index (χ0) is 13.3. The minimum atomic E-state index is -0.291. The predicted octanol–water partition coefficient (Wildman–Crippen LogP) is 2.82. The molecular formula is C14H17FN2O. The summed E-state index contributed by atoms with van der Waals surface area (Å²) in [4.78, 5) is 12.2. The quantitative estimate of drug-likeness (QED) is 0.809. The van der Waals surface area contributed by atoms with Gasteiger partial charge in [0.25, 0.3) is 5.91 Å². The van der Waals surface area contributed by atoms with Crippen molar-refractivity contribution in [2.75, 3.05) is 0 Å². The molecule has 0 saturated carbocycles. The highest BCUT2D eigenvalue weighted by molar-refractivity contribution is 6.07. The second kappa shape index (κ2) is 4.88. The van der Waals surface area contributed by atoms with E-state index in [2.05, 4.69) is 5.10 Å². The number of halogens is 1. The van der Waals surface area contributed by atoms with E-state index in [9.17, 15) is 9.18 Å². The van der Waals surface area contributed by atoms with E-state index in [1.807, 2.05) is 20.8 Å². The van der Waals surface area contributed by atoms with Gasteiger partial charge in [-0.3, -0.25) is 4.79 Å². The molecule has 1 aliphatic heterocycles. The molecule has 18 heavy (non-hydrogen) atoms. The smallest absolute Gasteiger partial charge is 0.252 e. The topological polar surface area (TPSA) is 32.7 Å². The first-order valence-corrected chi connectivity index (χ1v) is 6.10. The van der Waals surface area contributed by atoms with Crippen LogP contribution in [0.25, 0.3) is 0 Å². The first-order valence-electron chi connectivity index (χ1n) is 6.10. The molecule has 0 saturated heterocycles. The third-order valence-electron chi connectivity index (χ3n) is 3.14. The first-order chi connectivity index (χ1) is 8.49. The van der Waals surface area contributed by atoms with Gasteiger partial charge in [-0.15, -0.1) is 0 Å². The number of hydrazone groups is 1. The summed E-state index contributed by atoms with van der Waals surface area (Å²) < 4.78 is 13.1. The van der Waals surface area contributed by atoms with Crippen LogP contribution in [0.2, 0.25) is 0 Å². The van der Waals surface area contributed by atoms with Crippen molar-refractivity contribution in [3.63, 3.8) is 0 Å². The van der Waals surface area contributed by atoms with Crippen molar-refractivity contribution in [2.24, 2.45) is 16.9 Å². The Balaban J connectivity index is 2.15. The fourth-order valence-corrected chi connectivity index (χ4v) is 2.33. The van der Waals surface area contributed by atoms with Gasteiger partial charge in [0.2, 0.25) is 0 Å². The van der Waals surface area contributed by atoms with Gasteiger partial charge < -0.3 is 0 Å². The van der Waals surface area contributed by atoms with Crippen molar-refractivity contribution < 1.29 is 9.18 Å². The zero-order valence-electron chi connectivity index (χ0n) is 10.9. The average molecular weight is 248 g/mol. The van der Waals surface area contributed by atoms with E-state index in [1.165, 1.54) is 17.1 Å². The summed E-state index contributed by atoms with van der Waals surface area (Å²) in [6, 6.07) is 6.26. The Morgan fingerprint density at radius 3 is 2.72 bits per heavy atom. The van der Waals surface area contributed by atoms with Gasteiger partial charge in [-0.25, -0.2) is 9.40 Å². The Bertz CT molecular complexity index is 496. The average Bonchev–Trinajstić information content (AvgIpc) is 2.54. The highest BCUT2D eigenvalue weighted by Gasteiger charge is 2.35. The second-order valence-corrected chi connectivity index (χ2v) is 4.99. The molecular weight excluding hydrogens is 231 g/mol. The second-order valence-electron chi connectivity index (χ2n) is 4.99. The first kappa shape index (κ1) is 12.7. The molecule has 0 aliphatic carbocycles. The monoisotopic (exact) mass is 248 g/mol. The fourth-order valence-electron chi connectivity index (χ4n) is 2.33. The van der Waals surface area contributed by atoms with Crippen LogP contribution in [-0.2, 0) is 11.3 Å². The van der Waals surface area contributed by atoms with E-state index in [4.69, 9.17) is 0 Å². The Morgan fingerprint density at radius 1 is 1.44 bits per heavy atom. The van der Waals surface area contributed by atoms with Gasteiger partial charge in [0.05, 0.1) is 12.5 Å². The normalized spacial score (nSPS) is 19.6. The summed E-state index contributed by atoms with van der Waals surface area (Å²) in [5, 5.41) is 5.71. The number of nitrogens with zero attached hydrogens (tertiary/aromatic N) is 2. The zero-order valence-corrected chi connectivity index (χ0v) is 10.9. The largest absolute Gasteiger partial charge is 0.272 e. The standard InChI is InChI=1S/C14H17FN2O/c1-9(2)13-10(3)16-17(14(13)18)8-11-5-4-6-12(15)7-11/h4-7,9,13H,8H2,1-3H3. The molecule has 0 N–H and O–H groups in total. The van der Waals surface area contributed by atoms with Crippen LogP contribution >= 0.6 is 0 Å². The maximum atomic E-state index is 13.1. The summed E-state index contributed by atoms with van der Waals surface area (Å²) in [5.41, 5.74) is 1.59. The number of carbonyl (C=O) groups is 1. The van der Waals surface area contributed by atoms with E-state index in [0.717, 1.165) is 11.3 Å². The molecule has 1 aliphatic rings. The SMILES string of the molecule is CC1=NN(Cc2cccc(F)c2)C(=O)C1C(C)C. The summed E-state index contributed by atoms with van der Waals surface area (Å²) in [7, 11) is 0. The highest BCUT2D eigenvalue weighted by atomic mass is 19.1. The molecule has 1 aromatic carbocycles. The highest BCUT2D eigenvalue weighted by Crippen LogP contribution is 2.24. The van der Waals surface area contributed by atoms with Crippen molar-refractivity contribution in [3.8, 4) is 0 Å². The summed E-state index contributed by atoms with van der Waals surface area (Å²) >= 11 is 0. The third-order valence-corrected chi connectivity index (χ3v) is 3.14. The summed E-state index contributed by atoms with van der Waals surface area (Å²) in [5.74, 6) is -0.190. The van der Waals surface area contributed by atoms with Crippen LogP contribution in [0.1, 0.15) is 26.3 Å². The van der Waals surface area contributed by atoms with Crippen LogP contribution in [0, 0.1) is 17.7 Å². The maximum Gasteiger partial charge on any atom is 0.252 e. The molecule has 0 radical (unpaired) electrons. The fraction of sp³-hybridized carbons (Fsp3) is 0.429. The van der Waals surface area contributed by atoms with Crippen LogP contribution < -0.4 is 0 Å². The predicted molar refractivity (Wildman–Crippen MR) is 68.4 cm³/mol. The molecule has 0 bridgehead atoms. The van der Waals surface area contributed by atoms with Gasteiger partial charge >= 0.3 is 0 Å². The molecule has 0 spiro atoms. The van der Waals surface area contributed by atoms with Crippen LogP contribution in [0.3, 0.4) is 0 Å². The van der Waals surface area contributed by atoms with Crippen molar-refractivity contribution in [1.29, 1.82) is 0 Å². The van der Waals surface area contributed by atoms with Crippen molar-refractivity contribution >= 4 is 11.6 Å². The van der Waals surface area contributed by atoms with Crippen molar-refractivity contribution in [1.82, 2.24) is 5.01 Å². The van der Waals surface area contributed by atoms with E-state index in [1.54, 1.807) is 12.1 Å². The third kappa shape index (κ3) is 2.42. The number of rotatable bonds is 3. The lowest BCUT2D eigenvalue weighted by atomic mass is 9.92. The number of benzene rings is 1. The Labute approximate surface area is 106 Å². The van der Waals surface area contributed by atoms with Crippen LogP contribution in [-0.4, -0.2) is 16.6 Å². The van der Waals surface area contributed by atoms with Crippen molar-refractivity contribution in [2.45, 2.75) is 27.3 Å². The number of amides is 1. The minimum Gasteiger partial charge on any atom is -0.272 e. The molecule has 0 fully saturated rings. The van der Waals surface area contributed by atoms with Crippen LogP contribution in [0.15, 0.2) is 29.4 Å². The van der Waals surface area contributed by atoms with E-state index in [-0.39, 0.29) is 23.6 Å². The Morgan fingerprint density at radius 2 is 2.17 bits per heavy atom. The van der Waals surface area contributed by atoms with Gasteiger partial charge in [-0.1, -0.05) is 26.0 Å². The summed E-state index contributed by atoms with van der Waals surface area (Å²) in [6.45, 7) is 6.21. The van der Waals surface area contributed by atoms with Gasteiger partial charge in [0.1, 0.15) is 5.82 Å². The maximum absolute atomic E-state index is 13.1. The van der Waals surface area contributed by atoms with Gasteiger partial charge in [-0.2, -0.15) is 5.10 Å². The number of carbonyl (C=O) groups excluding carboxylic acids is 1. The lowest BCUT2D eigenvalue weighted by Crippen LogP contribution is -2.30. The van der Waals surface area contributed by atoms with E-state index < -0.39 is 0 Å². The minimum absolute atomic E-state index is 0.00626. The molecule has 1 aromatic rings. The lowest BCUT2D eigenvalue weighted by molar-refractivity contribution is -0.133. The lowest BCUT2D eigenvalue weighted by Gasteiger charge is -2.16. The number of hydrogen-bond donors (Lipinski definition) is 0. The Hall–Kier alpha value is -1.71. The Kier molecular flexibility index (Phi) is 3.45. The molecule has 1 heterocycles. The molecule has 96 valence electrons. The molecule has 2 rings (SSSR count). The van der Waals surface area contributed by atoms with Crippen LogP contribution in [0.4, 0.5) is 4.39 Å². The van der Waals surface area contributed by atoms with Crippen molar-refractivity contribution in [3.05, 3.63) is 35.6 Å². The molecule has 1 unspecified atom stereocenters. The van der Waals surface area contributed by atoms with Gasteiger partial charge in [-0.05, 0) is 30.5 Å². The van der Waals surface area contributed by atoms with Gasteiger partial charge in [0.15, 0.2) is 0 Å². The van der Waals surface area contributed by atoms with E-state index in [0.29, 0.717) is 6.54 Å². The van der Waals surface area contributed by atoms with Gasteiger partial charge in [0, 0.05) is 5.71 Å². The molecule has 3 nitrogen and oxygen atoms in total.